The highest BCUT2D eigenvalue weighted by molar-refractivity contribution is 5.80. The van der Waals surface area contributed by atoms with Gasteiger partial charge in [0.25, 0.3) is 0 Å². The highest BCUT2D eigenvalue weighted by Crippen LogP contribution is 2.34. The summed E-state index contributed by atoms with van der Waals surface area (Å²) in [5.41, 5.74) is 0. The Morgan fingerprint density at radius 3 is 2.47 bits per heavy atom. The first kappa shape index (κ1) is 14.0. The van der Waals surface area contributed by atoms with Crippen LogP contribution in [0.2, 0.25) is 0 Å². The summed E-state index contributed by atoms with van der Waals surface area (Å²) in [4.78, 5) is 23.1. The summed E-state index contributed by atoms with van der Waals surface area (Å²) in [5.74, 6) is -0.389. The van der Waals surface area contributed by atoms with Crippen LogP contribution in [0.15, 0.2) is 0 Å². The predicted molar refractivity (Wildman–Crippen MR) is 63.2 cm³/mol. The number of rotatable bonds is 6. The molecule has 0 spiro atoms. The maximum absolute atomic E-state index is 11.7. The largest absolute Gasteiger partial charge is 0.466 e. The maximum atomic E-state index is 11.7. The molecule has 1 aliphatic rings. The van der Waals surface area contributed by atoms with Crippen LogP contribution in [-0.2, 0) is 19.1 Å². The van der Waals surface area contributed by atoms with Crippen molar-refractivity contribution in [2.45, 2.75) is 46.6 Å². The van der Waals surface area contributed by atoms with E-state index in [2.05, 4.69) is 0 Å². The molecule has 0 aromatic carbocycles. The van der Waals surface area contributed by atoms with Crippen LogP contribution >= 0.6 is 0 Å². The lowest BCUT2D eigenvalue weighted by atomic mass is 9.81. The number of carbonyl (C=O) groups is 2. The zero-order valence-electron chi connectivity index (χ0n) is 11.1. The molecule has 0 unspecified atom stereocenters. The van der Waals surface area contributed by atoms with Crippen molar-refractivity contribution in [2.75, 3.05) is 6.61 Å². The number of esters is 2. The lowest BCUT2D eigenvalue weighted by molar-refractivity contribution is -0.192. The summed E-state index contributed by atoms with van der Waals surface area (Å²) >= 11 is 0. The Morgan fingerprint density at radius 2 is 2.06 bits per heavy atom. The minimum Gasteiger partial charge on any atom is -0.466 e. The van der Waals surface area contributed by atoms with Gasteiger partial charge in [0.05, 0.1) is 18.4 Å². The normalized spacial score (nSPS) is 25.1. The van der Waals surface area contributed by atoms with Gasteiger partial charge in [-0.3, -0.25) is 9.59 Å². The maximum Gasteiger partial charge on any atom is 0.313 e. The van der Waals surface area contributed by atoms with Crippen LogP contribution < -0.4 is 0 Å². The number of cyclic esters (lactones) is 1. The highest BCUT2D eigenvalue weighted by atomic mass is 16.6. The minimum atomic E-state index is -0.197. The van der Waals surface area contributed by atoms with Crippen molar-refractivity contribution in [1.82, 2.24) is 0 Å². The van der Waals surface area contributed by atoms with Gasteiger partial charge in [0.15, 0.2) is 0 Å². The second-order valence-electron chi connectivity index (χ2n) is 4.84. The van der Waals surface area contributed by atoms with Gasteiger partial charge in [-0.1, -0.05) is 20.8 Å². The van der Waals surface area contributed by atoms with Crippen molar-refractivity contribution in [3.05, 3.63) is 0 Å². The first-order chi connectivity index (χ1) is 8.01. The molecule has 1 aliphatic heterocycles. The van der Waals surface area contributed by atoms with Crippen LogP contribution in [0.5, 0.6) is 0 Å². The van der Waals surface area contributed by atoms with Gasteiger partial charge in [-0.15, -0.1) is 0 Å². The summed E-state index contributed by atoms with van der Waals surface area (Å²) in [5, 5.41) is 0. The summed E-state index contributed by atoms with van der Waals surface area (Å²) < 4.78 is 10.1. The molecule has 3 atom stereocenters. The van der Waals surface area contributed by atoms with Crippen LogP contribution in [0.4, 0.5) is 0 Å². The lowest BCUT2D eigenvalue weighted by Gasteiger charge is -2.39. The number of hydrogen-bond acceptors (Lipinski definition) is 4. The van der Waals surface area contributed by atoms with E-state index in [-0.39, 0.29) is 29.9 Å². The van der Waals surface area contributed by atoms with E-state index in [1.807, 2.05) is 20.8 Å². The molecular formula is C13H22O4. The Balaban J connectivity index is 2.55. The van der Waals surface area contributed by atoms with Gasteiger partial charge in [0.1, 0.15) is 6.10 Å². The Morgan fingerprint density at radius 1 is 1.41 bits per heavy atom. The molecular weight excluding hydrogens is 220 g/mol. The zero-order valence-corrected chi connectivity index (χ0v) is 11.1. The Kier molecular flexibility index (Phi) is 4.97. The molecule has 0 N–H and O–H groups in total. The highest BCUT2D eigenvalue weighted by Gasteiger charge is 2.45. The fourth-order valence-electron chi connectivity index (χ4n) is 2.19. The van der Waals surface area contributed by atoms with Gasteiger partial charge >= 0.3 is 11.9 Å². The Bertz CT molecular complexity index is 285. The van der Waals surface area contributed by atoms with Crippen LogP contribution in [0, 0.1) is 17.8 Å². The molecule has 0 radical (unpaired) electrons. The van der Waals surface area contributed by atoms with Crippen LogP contribution in [0.1, 0.15) is 40.5 Å². The van der Waals surface area contributed by atoms with E-state index in [0.29, 0.717) is 25.4 Å². The fourth-order valence-corrected chi connectivity index (χ4v) is 2.19. The van der Waals surface area contributed by atoms with Crippen molar-refractivity contribution in [1.29, 1.82) is 0 Å². The Labute approximate surface area is 103 Å². The van der Waals surface area contributed by atoms with E-state index in [4.69, 9.17) is 9.47 Å². The minimum absolute atomic E-state index is 0.0361. The molecule has 0 aliphatic carbocycles. The van der Waals surface area contributed by atoms with Crippen molar-refractivity contribution >= 4 is 11.9 Å². The quantitative estimate of drug-likeness (QED) is 0.670. The van der Waals surface area contributed by atoms with Gasteiger partial charge in [-0.05, 0) is 25.7 Å². The molecule has 1 fully saturated rings. The smallest absolute Gasteiger partial charge is 0.313 e. The molecule has 0 saturated carbocycles. The number of ether oxygens (including phenoxy) is 2. The van der Waals surface area contributed by atoms with Gasteiger partial charge in [0, 0.05) is 0 Å². The Hall–Kier alpha value is -1.06. The second-order valence-corrected chi connectivity index (χ2v) is 4.84. The zero-order chi connectivity index (χ0) is 13.0. The molecule has 17 heavy (non-hydrogen) atoms. The second kappa shape index (κ2) is 6.03. The third-order valence-electron chi connectivity index (χ3n) is 3.26. The van der Waals surface area contributed by atoms with Crippen LogP contribution in [0.25, 0.3) is 0 Å². The summed E-state index contributed by atoms with van der Waals surface area (Å²) in [7, 11) is 0. The first-order valence-electron chi connectivity index (χ1n) is 6.38. The molecule has 0 aromatic rings. The van der Waals surface area contributed by atoms with Gasteiger partial charge < -0.3 is 9.47 Å². The standard InChI is InChI=1S/C13H22O4/c1-5-9(12(14)16-6-2)7-10-11(8(3)4)17-13(10)15/h8-11H,5-7H2,1-4H3/t9-,10-,11-/m0/s1. The molecule has 4 nitrogen and oxygen atoms in total. The molecule has 98 valence electrons. The average molecular weight is 242 g/mol. The van der Waals surface area contributed by atoms with Gasteiger partial charge in [-0.2, -0.15) is 0 Å². The predicted octanol–water partition coefficient (Wildman–Crippen LogP) is 2.16. The van der Waals surface area contributed by atoms with E-state index in [1.54, 1.807) is 6.92 Å². The molecule has 4 heteroatoms. The van der Waals surface area contributed by atoms with E-state index >= 15 is 0 Å². The van der Waals surface area contributed by atoms with E-state index in [1.165, 1.54) is 0 Å². The molecule has 1 saturated heterocycles. The van der Waals surface area contributed by atoms with Crippen LogP contribution in [0.3, 0.4) is 0 Å². The van der Waals surface area contributed by atoms with Gasteiger partial charge in [-0.25, -0.2) is 0 Å². The van der Waals surface area contributed by atoms with Crippen molar-refractivity contribution in [3.63, 3.8) is 0 Å². The lowest BCUT2D eigenvalue weighted by Crippen LogP contribution is -2.49. The molecule has 0 aromatic heterocycles. The molecule has 1 rings (SSSR count). The average Bonchev–Trinajstić information content (AvgIpc) is 2.26. The topological polar surface area (TPSA) is 52.6 Å². The molecule has 0 amide bonds. The fraction of sp³-hybridized carbons (Fsp3) is 0.846. The van der Waals surface area contributed by atoms with Crippen molar-refractivity contribution < 1.29 is 19.1 Å². The monoisotopic (exact) mass is 242 g/mol. The van der Waals surface area contributed by atoms with E-state index in [9.17, 15) is 9.59 Å². The summed E-state index contributed by atoms with van der Waals surface area (Å²) in [6.07, 6.45) is 1.22. The van der Waals surface area contributed by atoms with Crippen molar-refractivity contribution in [3.8, 4) is 0 Å². The van der Waals surface area contributed by atoms with E-state index in [0.717, 1.165) is 0 Å². The number of hydrogen-bond donors (Lipinski definition) is 0. The molecule has 1 heterocycles. The first-order valence-corrected chi connectivity index (χ1v) is 6.38. The SMILES string of the molecule is CCOC(=O)[C@@H](CC)C[C@@H]1C(=O)O[C@H]1C(C)C. The summed E-state index contributed by atoms with van der Waals surface area (Å²) in [6, 6.07) is 0. The molecule has 0 bridgehead atoms. The summed E-state index contributed by atoms with van der Waals surface area (Å²) in [6.45, 7) is 8.16. The van der Waals surface area contributed by atoms with Gasteiger partial charge in [0.2, 0.25) is 0 Å². The third-order valence-corrected chi connectivity index (χ3v) is 3.26. The van der Waals surface area contributed by atoms with E-state index < -0.39 is 0 Å². The third kappa shape index (κ3) is 3.20. The van der Waals surface area contributed by atoms with Crippen LogP contribution in [-0.4, -0.2) is 24.6 Å². The number of carbonyl (C=O) groups excluding carboxylic acids is 2. The van der Waals surface area contributed by atoms with Crippen molar-refractivity contribution in [2.24, 2.45) is 17.8 Å².